The summed E-state index contributed by atoms with van der Waals surface area (Å²) in [6, 6.07) is 3.49. The summed E-state index contributed by atoms with van der Waals surface area (Å²) < 4.78 is 17.0. The summed E-state index contributed by atoms with van der Waals surface area (Å²) in [7, 11) is 0. The Kier molecular flexibility index (Phi) is 4.16. The molecule has 0 bridgehead atoms. The van der Waals surface area contributed by atoms with E-state index in [2.05, 4.69) is 0 Å². The van der Waals surface area contributed by atoms with Crippen molar-refractivity contribution in [2.24, 2.45) is 11.3 Å². The van der Waals surface area contributed by atoms with E-state index >= 15 is 0 Å². The van der Waals surface area contributed by atoms with Crippen molar-refractivity contribution >= 4 is 5.91 Å². The maximum absolute atomic E-state index is 12.3. The Morgan fingerprint density at radius 1 is 1.30 bits per heavy atom. The highest BCUT2D eigenvalue weighted by Crippen LogP contribution is 2.42. The molecule has 0 radical (unpaired) electrons. The molecule has 3 aliphatic rings. The second-order valence-electron chi connectivity index (χ2n) is 7.39. The van der Waals surface area contributed by atoms with Crippen LogP contribution in [0.4, 0.5) is 0 Å². The van der Waals surface area contributed by atoms with Gasteiger partial charge in [0.2, 0.25) is 0 Å². The number of furan rings is 1. The van der Waals surface area contributed by atoms with Crippen LogP contribution in [0.1, 0.15) is 42.7 Å². The van der Waals surface area contributed by atoms with Gasteiger partial charge in [-0.1, -0.05) is 0 Å². The summed E-state index contributed by atoms with van der Waals surface area (Å²) in [6.45, 7) is 4.02. The van der Waals surface area contributed by atoms with E-state index in [1.165, 1.54) is 12.8 Å². The van der Waals surface area contributed by atoms with Crippen LogP contribution in [0.2, 0.25) is 0 Å². The SMILES string of the molecule is O=C(c1ccco1)N1CCC2(CC1)CO[C@H](COCC1CC1)C2. The molecule has 1 saturated carbocycles. The maximum Gasteiger partial charge on any atom is 0.289 e. The van der Waals surface area contributed by atoms with Crippen LogP contribution in [-0.2, 0) is 9.47 Å². The number of nitrogens with zero attached hydrogens (tertiary/aromatic N) is 1. The molecule has 5 heteroatoms. The number of piperidine rings is 1. The van der Waals surface area contributed by atoms with Crippen molar-refractivity contribution in [3.63, 3.8) is 0 Å². The van der Waals surface area contributed by atoms with Crippen LogP contribution in [0.5, 0.6) is 0 Å². The minimum atomic E-state index is 0.00748. The Morgan fingerprint density at radius 3 is 2.83 bits per heavy atom. The van der Waals surface area contributed by atoms with E-state index in [0.717, 1.165) is 58.1 Å². The number of ether oxygens (including phenoxy) is 2. The number of hydrogen-bond acceptors (Lipinski definition) is 4. The summed E-state index contributed by atoms with van der Waals surface area (Å²) in [5, 5.41) is 0. The van der Waals surface area contributed by atoms with Crippen LogP contribution in [0.15, 0.2) is 22.8 Å². The molecule has 2 saturated heterocycles. The van der Waals surface area contributed by atoms with Crippen LogP contribution in [0.3, 0.4) is 0 Å². The van der Waals surface area contributed by atoms with Gasteiger partial charge in [-0.05, 0) is 55.6 Å². The molecule has 3 heterocycles. The molecule has 3 fully saturated rings. The monoisotopic (exact) mass is 319 g/mol. The van der Waals surface area contributed by atoms with Crippen molar-refractivity contribution in [1.29, 1.82) is 0 Å². The third kappa shape index (κ3) is 3.45. The van der Waals surface area contributed by atoms with E-state index in [1.807, 2.05) is 4.90 Å². The number of carbonyl (C=O) groups is 1. The molecule has 1 atom stereocenters. The zero-order valence-electron chi connectivity index (χ0n) is 13.5. The fraction of sp³-hybridized carbons (Fsp3) is 0.722. The van der Waals surface area contributed by atoms with Gasteiger partial charge in [0.05, 0.1) is 25.6 Å². The highest BCUT2D eigenvalue weighted by atomic mass is 16.5. The van der Waals surface area contributed by atoms with E-state index in [9.17, 15) is 4.79 Å². The van der Waals surface area contributed by atoms with Gasteiger partial charge in [-0.3, -0.25) is 4.79 Å². The van der Waals surface area contributed by atoms with Crippen molar-refractivity contribution < 1.29 is 18.7 Å². The average Bonchev–Trinajstić information content (AvgIpc) is 3.08. The highest BCUT2D eigenvalue weighted by molar-refractivity contribution is 5.91. The van der Waals surface area contributed by atoms with Crippen LogP contribution >= 0.6 is 0 Å². The molecule has 1 aromatic rings. The van der Waals surface area contributed by atoms with Gasteiger partial charge in [0.25, 0.3) is 5.91 Å². The maximum atomic E-state index is 12.3. The first-order chi connectivity index (χ1) is 11.2. The molecule has 2 aliphatic heterocycles. The van der Waals surface area contributed by atoms with Crippen molar-refractivity contribution in [2.45, 2.75) is 38.2 Å². The topological polar surface area (TPSA) is 51.9 Å². The van der Waals surface area contributed by atoms with Crippen molar-refractivity contribution in [2.75, 3.05) is 32.9 Å². The predicted octanol–water partition coefficient (Wildman–Crippen LogP) is 2.72. The van der Waals surface area contributed by atoms with Gasteiger partial charge < -0.3 is 18.8 Å². The molecule has 0 unspecified atom stereocenters. The largest absolute Gasteiger partial charge is 0.459 e. The van der Waals surface area contributed by atoms with Crippen LogP contribution in [-0.4, -0.2) is 49.8 Å². The molecule has 126 valence electrons. The third-order valence-electron chi connectivity index (χ3n) is 5.48. The lowest BCUT2D eigenvalue weighted by Gasteiger charge is -2.38. The Balaban J connectivity index is 1.25. The smallest absolute Gasteiger partial charge is 0.289 e. The molecule has 0 aromatic carbocycles. The van der Waals surface area contributed by atoms with Crippen LogP contribution < -0.4 is 0 Å². The Morgan fingerprint density at radius 2 is 2.13 bits per heavy atom. The highest BCUT2D eigenvalue weighted by Gasteiger charge is 2.43. The number of carbonyl (C=O) groups excluding carboxylic acids is 1. The van der Waals surface area contributed by atoms with Gasteiger partial charge in [0.15, 0.2) is 5.76 Å². The summed E-state index contributed by atoms with van der Waals surface area (Å²) in [5.74, 6) is 1.25. The molecule has 1 aromatic heterocycles. The zero-order chi connectivity index (χ0) is 15.7. The lowest BCUT2D eigenvalue weighted by atomic mass is 9.76. The number of rotatable bonds is 5. The summed E-state index contributed by atoms with van der Waals surface area (Å²) in [6.07, 6.45) is 7.54. The van der Waals surface area contributed by atoms with E-state index in [1.54, 1.807) is 18.4 Å². The van der Waals surface area contributed by atoms with E-state index in [-0.39, 0.29) is 17.4 Å². The number of likely N-dealkylation sites (tertiary alicyclic amines) is 1. The summed E-state index contributed by atoms with van der Waals surface area (Å²) in [5.41, 5.74) is 0.244. The minimum Gasteiger partial charge on any atom is -0.459 e. The molecule has 5 nitrogen and oxygen atoms in total. The molecular weight excluding hydrogens is 294 g/mol. The Bertz CT molecular complexity index is 529. The molecule has 1 amide bonds. The fourth-order valence-corrected chi connectivity index (χ4v) is 3.74. The third-order valence-corrected chi connectivity index (χ3v) is 5.48. The van der Waals surface area contributed by atoms with Crippen molar-refractivity contribution in [3.05, 3.63) is 24.2 Å². The first-order valence-corrected chi connectivity index (χ1v) is 8.76. The molecule has 4 rings (SSSR count). The van der Waals surface area contributed by atoms with Crippen LogP contribution in [0, 0.1) is 11.3 Å². The summed E-state index contributed by atoms with van der Waals surface area (Å²) in [4.78, 5) is 14.2. The number of hydrogen-bond donors (Lipinski definition) is 0. The van der Waals surface area contributed by atoms with Crippen LogP contribution in [0.25, 0.3) is 0 Å². The first-order valence-electron chi connectivity index (χ1n) is 8.76. The minimum absolute atomic E-state index is 0.00748. The molecular formula is C18H25NO4. The Hall–Kier alpha value is -1.33. The molecule has 23 heavy (non-hydrogen) atoms. The molecule has 1 aliphatic carbocycles. The van der Waals surface area contributed by atoms with Gasteiger partial charge in [-0.25, -0.2) is 0 Å². The fourth-order valence-electron chi connectivity index (χ4n) is 3.74. The zero-order valence-corrected chi connectivity index (χ0v) is 13.5. The number of amides is 1. The normalized spacial score (nSPS) is 26.8. The average molecular weight is 319 g/mol. The predicted molar refractivity (Wildman–Crippen MR) is 84.2 cm³/mol. The Labute approximate surface area is 136 Å². The van der Waals surface area contributed by atoms with E-state index in [4.69, 9.17) is 13.9 Å². The van der Waals surface area contributed by atoms with Gasteiger partial charge in [-0.15, -0.1) is 0 Å². The van der Waals surface area contributed by atoms with Gasteiger partial charge >= 0.3 is 0 Å². The van der Waals surface area contributed by atoms with E-state index in [0.29, 0.717) is 5.76 Å². The quantitative estimate of drug-likeness (QED) is 0.837. The lowest BCUT2D eigenvalue weighted by molar-refractivity contribution is 0.00930. The second kappa shape index (κ2) is 6.29. The van der Waals surface area contributed by atoms with Gasteiger partial charge in [-0.2, -0.15) is 0 Å². The van der Waals surface area contributed by atoms with Crippen molar-refractivity contribution in [1.82, 2.24) is 4.90 Å². The lowest BCUT2D eigenvalue weighted by Crippen LogP contribution is -2.43. The first kappa shape index (κ1) is 15.2. The summed E-state index contributed by atoms with van der Waals surface area (Å²) >= 11 is 0. The van der Waals surface area contributed by atoms with Gasteiger partial charge in [0.1, 0.15) is 0 Å². The molecule has 1 spiro atoms. The standard InChI is InChI=1S/C18H25NO4/c20-17(16-2-1-9-22-16)19-7-5-18(6-8-19)10-15(23-13-18)12-21-11-14-3-4-14/h1-2,9,14-15H,3-8,10-13H2/t15-/m0/s1. The van der Waals surface area contributed by atoms with E-state index < -0.39 is 0 Å². The van der Waals surface area contributed by atoms with Crippen molar-refractivity contribution in [3.8, 4) is 0 Å². The van der Waals surface area contributed by atoms with Gasteiger partial charge in [0, 0.05) is 19.7 Å². The molecule has 0 N–H and O–H groups in total. The second-order valence-corrected chi connectivity index (χ2v) is 7.39.